The molecule has 0 aromatic carbocycles. The second-order valence-corrected chi connectivity index (χ2v) is 6.02. The summed E-state index contributed by atoms with van der Waals surface area (Å²) in [7, 11) is 0. The molecule has 0 saturated carbocycles. The van der Waals surface area contributed by atoms with Crippen LogP contribution in [0.5, 0.6) is 0 Å². The molecule has 2 fully saturated rings. The molecule has 0 spiro atoms. The Labute approximate surface area is 87.4 Å². The van der Waals surface area contributed by atoms with Crippen LogP contribution < -0.4 is 5.32 Å². The van der Waals surface area contributed by atoms with Gasteiger partial charge >= 0.3 is 0 Å². The average Bonchev–Trinajstić information content (AvgIpc) is 2.45. The summed E-state index contributed by atoms with van der Waals surface area (Å²) >= 11 is 0. The third-order valence-corrected chi connectivity index (χ3v) is 4.15. The van der Waals surface area contributed by atoms with Crippen molar-refractivity contribution in [2.24, 2.45) is 10.8 Å². The van der Waals surface area contributed by atoms with Crippen molar-refractivity contribution in [2.45, 2.75) is 46.1 Å². The molecule has 2 saturated heterocycles. The Hall–Kier alpha value is -0.0800. The van der Waals surface area contributed by atoms with E-state index in [0.29, 0.717) is 10.8 Å². The van der Waals surface area contributed by atoms with Gasteiger partial charge < -0.3 is 10.1 Å². The molecule has 2 heteroatoms. The van der Waals surface area contributed by atoms with E-state index in [4.69, 9.17) is 4.74 Å². The van der Waals surface area contributed by atoms with Crippen LogP contribution in [-0.4, -0.2) is 25.8 Å². The van der Waals surface area contributed by atoms with Crippen molar-refractivity contribution in [1.29, 1.82) is 0 Å². The summed E-state index contributed by atoms with van der Waals surface area (Å²) in [6.45, 7) is 10.2. The van der Waals surface area contributed by atoms with Gasteiger partial charge in [0.1, 0.15) is 0 Å². The number of hydrogen-bond donors (Lipinski definition) is 1. The highest BCUT2D eigenvalue weighted by molar-refractivity contribution is 4.98. The van der Waals surface area contributed by atoms with E-state index in [-0.39, 0.29) is 0 Å². The molecule has 14 heavy (non-hydrogen) atoms. The third-order valence-electron chi connectivity index (χ3n) is 4.15. The maximum Gasteiger partial charge on any atom is 0.0550 e. The van der Waals surface area contributed by atoms with E-state index in [2.05, 4.69) is 26.1 Å². The maximum absolute atomic E-state index is 5.45. The lowest BCUT2D eigenvalue weighted by molar-refractivity contribution is -0.177. The molecule has 2 aliphatic rings. The summed E-state index contributed by atoms with van der Waals surface area (Å²) in [5, 5.41) is 3.60. The quantitative estimate of drug-likeness (QED) is 0.732. The smallest absolute Gasteiger partial charge is 0.0550 e. The fraction of sp³-hybridized carbons (Fsp3) is 1.00. The van der Waals surface area contributed by atoms with Gasteiger partial charge in [0.15, 0.2) is 0 Å². The topological polar surface area (TPSA) is 21.3 Å². The first-order valence-corrected chi connectivity index (χ1v) is 5.85. The van der Waals surface area contributed by atoms with E-state index in [1.165, 1.54) is 25.8 Å². The first-order chi connectivity index (χ1) is 6.54. The highest BCUT2D eigenvalue weighted by atomic mass is 16.5. The van der Waals surface area contributed by atoms with Crippen LogP contribution in [0.4, 0.5) is 0 Å². The van der Waals surface area contributed by atoms with Crippen LogP contribution in [0.2, 0.25) is 0 Å². The molecule has 2 nitrogen and oxygen atoms in total. The zero-order valence-electron chi connectivity index (χ0n) is 9.73. The van der Waals surface area contributed by atoms with Gasteiger partial charge in [-0.1, -0.05) is 20.8 Å². The predicted molar refractivity (Wildman–Crippen MR) is 58.3 cm³/mol. The predicted octanol–water partition coefficient (Wildman–Crippen LogP) is 2.19. The number of ether oxygens (including phenoxy) is 1. The van der Waals surface area contributed by atoms with Crippen LogP contribution in [0.3, 0.4) is 0 Å². The van der Waals surface area contributed by atoms with Crippen molar-refractivity contribution in [3.05, 3.63) is 0 Å². The normalized spacial score (nSPS) is 31.5. The fourth-order valence-corrected chi connectivity index (χ4v) is 2.61. The summed E-state index contributed by atoms with van der Waals surface area (Å²) < 4.78 is 5.45. The van der Waals surface area contributed by atoms with Gasteiger partial charge in [-0.2, -0.15) is 0 Å². The Morgan fingerprint density at radius 2 is 2.07 bits per heavy atom. The van der Waals surface area contributed by atoms with Crippen LogP contribution in [0.15, 0.2) is 0 Å². The van der Waals surface area contributed by atoms with Crippen molar-refractivity contribution in [1.82, 2.24) is 5.32 Å². The van der Waals surface area contributed by atoms with Crippen LogP contribution in [0.25, 0.3) is 0 Å². The lowest BCUT2D eigenvalue weighted by Gasteiger charge is -2.52. The lowest BCUT2D eigenvalue weighted by Crippen LogP contribution is -2.54. The third kappa shape index (κ3) is 1.70. The second kappa shape index (κ2) is 3.49. The maximum atomic E-state index is 5.45. The molecule has 2 aliphatic heterocycles. The molecule has 2 rings (SSSR count). The second-order valence-electron chi connectivity index (χ2n) is 6.02. The number of rotatable bonds is 2. The van der Waals surface area contributed by atoms with E-state index in [0.717, 1.165) is 19.3 Å². The van der Waals surface area contributed by atoms with Gasteiger partial charge in [-0.15, -0.1) is 0 Å². The minimum atomic E-state index is 0.384. The summed E-state index contributed by atoms with van der Waals surface area (Å²) in [5.41, 5.74) is 0.824. The SMILES string of the molecule is CC(C)(C)C1(CC2CCCN2)COC1. The van der Waals surface area contributed by atoms with Crippen LogP contribution in [0, 0.1) is 10.8 Å². The van der Waals surface area contributed by atoms with Crippen LogP contribution >= 0.6 is 0 Å². The fourth-order valence-electron chi connectivity index (χ4n) is 2.61. The number of nitrogens with one attached hydrogen (secondary N) is 1. The Morgan fingerprint density at radius 3 is 2.43 bits per heavy atom. The lowest BCUT2D eigenvalue weighted by atomic mass is 9.62. The van der Waals surface area contributed by atoms with E-state index >= 15 is 0 Å². The molecular weight excluding hydrogens is 174 g/mol. The van der Waals surface area contributed by atoms with Gasteiger partial charge in [0, 0.05) is 11.5 Å². The molecular formula is C12H23NO. The molecule has 1 N–H and O–H groups in total. The Kier molecular flexibility index (Phi) is 2.61. The van der Waals surface area contributed by atoms with E-state index in [9.17, 15) is 0 Å². The zero-order chi connectivity index (χ0) is 10.2. The monoisotopic (exact) mass is 197 g/mol. The van der Waals surface area contributed by atoms with Crippen molar-refractivity contribution in [3.63, 3.8) is 0 Å². The summed E-state index contributed by atoms with van der Waals surface area (Å²) in [5.74, 6) is 0. The molecule has 1 atom stereocenters. The van der Waals surface area contributed by atoms with Crippen LogP contribution in [-0.2, 0) is 4.74 Å². The van der Waals surface area contributed by atoms with E-state index in [1.807, 2.05) is 0 Å². The minimum absolute atomic E-state index is 0.384. The summed E-state index contributed by atoms with van der Waals surface area (Å²) in [6.07, 6.45) is 4.01. The van der Waals surface area contributed by atoms with Gasteiger partial charge in [0.05, 0.1) is 13.2 Å². The van der Waals surface area contributed by atoms with E-state index < -0.39 is 0 Å². The molecule has 0 aromatic heterocycles. The van der Waals surface area contributed by atoms with Crippen molar-refractivity contribution in [2.75, 3.05) is 19.8 Å². The van der Waals surface area contributed by atoms with Crippen molar-refractivity contribution < 1.29 is 4.74 Å². The average molecular weight is 197 g/mol. The Bertz CT molecular complexity index is 197. The number of hydrogen-bond acceptors (Lipinski definition) is 2. The van der Waals surface area contributed by atoms with Gasteiger partial charge in [-0.25, -0.2) is 0 Å². The van der Waals surface area contributed by atoms with Crippen LogP contribution in [0.1, 0.15) is 40.0 Å². The molecule has 82 valence electrons. The van der Waals surface area contributed by atoms with Crippen molar-refractivity contribution in [3.8, 4) is 0 Å². The molecule has 0 bridgehead atoms. The van der Waals surface area contributed by atoms with Gasteiger partial charge in [0.25, 0.3) is 0 Å². The highest BCUT2D eigenvalue weighted by Gasteiger charge is 2.49. The molecule has 0 aliphatic carbocycles. The minimum Gasteiger partial charge on any atom is -0.380 e. The largest absolute Gasteiger partial charge is 0.380 e. The Balaban J connectivity index is 1.98. The van der Waals surface area contributed by atoms with E-state index in [1.54, 1.807) is 0 Å². The summed E-state index contributed by atoms with van der Waals surface area (Å²) in [6, 6.07) is 0.748. The van der Waals surface area contributed by atoms with Gasteiger partial charge in [-0.05, 0) is 31.2 Å². The van der Waals surface area contributed by atoms with Gasteiger partial charge in [-0.3, -0.25) is 0 Å². The molecule has 0 amide bonds. The molecule has 0 aromatic rings. The van der Waals surface area contributed by atoms with Gasteiger partial charge in [0.2, 0.25) is 0 Å². The first kappa shape index (κ1) is 10.4. The molecule has 2 heterocycles. The molecule has 0 radical (unpaired) electrons. The Morgan fingerprint density at radius 1 is 1.36 bits per heavy atom. The summed E-state index contributed by atoms with van der Waals surface area (Å²) in [4.78, 5) is 0. The standard InChI is InChI=1S/C12H23NO/c1-11(2,3)12(8-14-9-12)7-10-5-4-6-13-10/h10,13H,4-9H2,1-3H3. The first-order valence-electron chi connectivity index (χ1n) is 5.85. The molecule has 1 unspecified atom stereocenters. The highest BCUT2D eigenvalue weighted by Crippen LogP contribution is 2.48. The zero-order valence-corrected chi connectivity index (χ0v) is 9.73. The van der Waals surface area contributed by atoms with Crippen molar-refractivity contribution >= 4 is 0 Å².